The molecule has 1 aliphatic heterocycles. The highest BCUT2D eigenvalue weighted by atomic mass is 16.2. The van der Waals surface area contributed by atoms with Crippen LogP contribution in [0.3, 0.4) is 0 Å². The zero-order valence-electron chi connectivity index (χ0n) is 13.1. The lowest BCUT2D eigenvalue weighted by Gasteiger charge is -2.39. The number of piperazine rings is 1. The summed E-state index contributed by atoms with van der Waals surface area (Å²) in [5.74, 6) is 0.444. The Balaban J connectivity index is 1.79. The predicted molar refractivity (Wildman–Crippen MR) is 82.5 cm³/mol. The Kier molecular flexibility index (Phi) is 5.85. The second-order valence-electron chi connectivity index (χ2n) is 6.47. The average molecular weight is 281 g/mol. The smallest absolute Gasteiger partial charge is 0.228 e. The third-order valence-electron chi connectivity index (χ3n) is 5.28. The summed E-state index contributed by atoms with van der Waals surface area (Å²) in [6, 6.07) is 0. The van der Waals surface area contributed by atoms with Crippen LogP contribution in [0.25, 0.3) is 0 Å². The van der Waals surface area contributed by atoms with Crippen LogP contribution in [0.1, 0.15) is 51.9 Å². The molecule has 1 aliphatic carbocycles. The first-order valence-corrected chi connectivity index (χ1v) is 8.43. The lowest BCUT2D eigenvalue weighted by Crippen LogP contribution is -2.52. The summed E-state index contributed by atoms with van der Waals surface area (Å²) in [5, 5.41) is 0. The van der Waals surface area contributed by atoms with Crippen LogP contribution in [-0.4, -0.2) is 55.0 Å². The van der Waals surface area contributed by atoms with Gasteiger partial charge in [0.1, 0.15) is 0 Å². The van der Waals surface area contributed by atoms with Gasteiger partial charge < -0.3 is 10.6 Å². The molecule has 0 radical (unpaired) electrons. The summed E-state index contributed by atoms with van der Waals surface area (Å²) in [6.45, 7) is 8.03. The van der Waals surface area contributed by atoms with Gasteiger partial charge in [-0.25, -0.2) is 0 Å². The summed E-state index contributed by atoms with van der Waals surface area (Å²) in [4.78, 5) is 17.4. The molecule has 0 unspecified atom stereocenters. The van der Waals surface area contributed by atoms with Crippen LogP contribution in [0.5, 0.6) is 0 Å². The molecule has 116 valence electrons. The summed E-state index contributed by atoms with van der Waals surface area (Å²) in [6.07, 6.45) is 8.00. The zero-order valence-corrected chi connectivity index (χ0v) is 13.1. The molecular weight excluding hydrogens is 250 g/mol. The van der Waals surface area contributed by atoms with Crippen LogP contribution in [0.2, 0.25) is 0 Å². The third-order valence-corrected chi connectivity index (χ3v) is 5.28. The molecular formula is C16H31N3O. The van der Waals surface area contributed by atoms with Crippen molar-refractivity contribution in [3.8, 4) is 0 Å². The van der Waals surface area contributed by atoms with Crippen LogP contribution in [-0.2, 0) is 4.79 Å². The molecule has 0 aromatic carbocycles. The molecule has 0 bridgehead atoms. The molecule has 2 aliphatic rings. The zero-order chi connectivity index (χ0) is 14.4. The van der Waals surface area contributed by atoms with Gasteiger partial charge in [0.25, 0.3) is 0 Å². The van der Waals surface area contributed by atoms with Crippen molar-refractivity contribution in [3.63, 3.8) is 0 Å². The molecule has 2 N–H and O–H groups in total. The topological polar surface area (TPSA) is 49.6 Å². The van der Waals surface area contributed by atoms with Gasteiger partial charge in [-0.3, -0.25) is 9.69 Å². The number of rotatable bonds is 6. The first-order chi connectivity index (χ1) is 9.72. The van der Waals surface area contributed by atoms with E-state index in [-0.39, 0.29) is 5.41 Å². The molecule has 1 heterocycles. The van der Waals surface area contributed by atoms with Gasteiger partial charge in [0.05, 0.1) is 0 Å². The first-order valence-electron chi connectivity index (χ1n) is 8.43. The number of hydrogen-bond acceptors (Lipinski definition) is 3. The van der Waals surface area contributed by atoms with Gasteiger partial charge in [-0.15, -0.1) is 0 Å². The van der Waals surface area contributed by atoms with Gasteiger partial charge in [0.2, 0.25) is 5.91 Å². The SMILES string of the molecule is CCC1(C(=O)N2CCN(CCCCN)CC2)CCCC1. The predicted octanol–water partition coefficient (Wildman–Crippen LogP) is 1.84. The van der Waals surface area contributed by atoms with E-state index in [9.17, 15) is 4.79 Å². The Bertz CT molecular complexity index is 305. The van der Waals surface area contributed by atoms with E-state index >= 15 is 0 Å². The Morgan fingerprint density at radius 1 is 1.10 bits per heavy atom. The van der Waals surface area contributed by atoms with Crippen molar-refractivity contribution in [2.45, 2.75) is 51.9 Å². The summed E-state index contributed by atoms with van der Waals surface area (Å²) < 4.78 is 0. The molecule has 4 nitrogen and oxygen atoms in total. The monoisotopic (exact) mass is 281 g/mol. The minimum atomic E-state index is -0.0122. The van der Waals surface area contributed by atoms with Crippen molar-refractivity contribution in [3.05, 3.63) is 0 Å². The Hall–Kier alpha value is -0.610. The van der Waals surface area contributed by atoms with Gasteiger partial charge >= 0.3 is 0 Å². The van der Waals surface area contributed by atoms with Crippen molar-refractivity contribution in [2.75, 3.05) is 39.3 Å². The van der Waals surface area contributed by atoms with Crippen molar-refractivity contribution in [1.29, 1.82) is 0 Å². The Morgan fingerprint density at radius 2 is 1.75 bits per heavy atom. The van der Waals surface area contributed by atoms with Gasteiger partial charge in [0, 0.05) is 31.6 Å². The van der Waals surface area contributed by atoms with Crippen molar-refractivity contribution in [1.82, 2.24) is 9.80 Å². The summed E-state index contributed by atoms with van der Waals surface area (Å²) in [5.41, 5.74) is 5.52. The van der Waals surface area contributed by atoms with Gasteiger partial charge in [-0.1, -0.05) is 19.8 Å². The number of unbranched alkanes of at least 4 members (excludes halogenated alkanes) is 1. The lowest BCUT2D eigenvalue weighted by atomic mass is 9.81. The maximum absolute atomic E-state index is 12.8. The molecule has 1 saturated heterocycles. The largest absolute Gasteiger partial charge is 0.340 e. The maximum Gasteiger partial charge on any atom is 0.228 e. The molecule has 2 fully saturated rings. The number of nitrogens with two attached hydrogens (primary N) is 1. The van der Waals surface area contributed by atoms with E-state index in [1.165, 1.54) is 19.3 Å². The molecule has 0 atom stereocenters. The fraction of sp³-hybridized carbons (Fsp3) is 0.938. The van der Waals surface area contributed by atoms with Crippen molar-refractivity contribution < 1.29 is 4.79 Å². The Morgan fingerprint density at radius 3 is 2.30 bits per heavy atom. The molecule has 0 spiro atoms. The quantitative estimate of drug-likeness (QED) is 0.756. The summed E-state index contributed by atoms with van der Waals surface area (Å²) >= 11 is 0. The van der Waals surface area contributed by atoms with E-state index in [0.717, 1.165) is 65.0 Å². The highest BCUT2D eigenvalue weighted by Gasteiger charge is 2.42. The van der Waals surface area contributed by atoms with E-state index < -0.39 is 0 Å². The first kappa shape index (κ1) is 15.8. The van der Waals surface area contributed by atoms with E-state index in [2.05, 4.69) is 16.7 Å². The second kappa shape index (κ2) is 7.41. The highest BCUT2D eigenvalue weighted by molar-refractivity contribution is 5.83. The van der Waals surface area contributed by atoms with Gasteiger partial charge in [-0.05, 0) is 45.2 Å². The van der Waals surface area contributed by atoms with E-state index in [1.54, 1.807) is 0 Å². The molecule has 1 saturated carbocycles. The van der Waals surface area contributed by atoms with Crippen LogP contribution in [0.15, 0.2) is 0 Å². The van der Waals surface area contributed by atoms with E-state index in [0.29, 0.717) is 5.91 Å². The minimum Gasteiger partial charge on any atom is -0.340 e. The molecule has 4 heteroatoms. The third kappa shape index (κ3) is 3.53. The fourth-order valence-corrected chi connectivity index (χ4v) is 3.76. The molecule has 0 aromatic heterocycles. The van der Waals surface area contributed by atoms with Crippen molar-refractivity contribution >= 4 is 5.91 Å². The molecule has 2 rings (SSSR count). The molecule has 1 amide bonds. The Labute approximate surface area is 123 Å². The van der Waals surface area contributed by atoms with Crippen LogP contribution < -0.4 is 5.73 Å². The standard InChI is InChI=1S/C16H31N3O/c1-2-16(7-3-4-8-16)15(20)19-13-11-18(12-14-19)10-6-5-9-17/h2-14,17H2,1H3. The number of nitrogens with zero attached hydrogens (tertiary/aromatic N) is 2. The van der Waals surface area contributed by atoms with Crippen LogP contribution >= 0.6 is 0 Å². The maximum atomic E-state index is 12.8. The lowest BCUT2D eigenvalue weighted by molar-refractivity contribution is -0.144. The van der Waals surface area contributed by atoms with E-state index in [1.807, 2.05) is 0 Å². The van der Waals surface area contributed by atoms with Crippen LogP contribution in [0, 0.1) is 5.41 Å². The number of carbonyl (C=O) groups is 1. The average Bonchev–Trinajstić information content (AvgIpc) is 2.98. The number of carbonyl (C=O) groups excluding carboxylic acids is 1. The minimum absolute atomic E-state index is 0.0122. The van der Waals surface area contributed by atoms with Crippen LogP contribution in [0.4, 0.5) is 0 Å². The van der Waals surface area contributed by atoms with Gasteiger partial charge in [0.15, 0.2) is 0 Å². The van der Waals surface area contributed by atoms with E-state index in [4.69, 9.17) is 5.73 Å². The number of hydrogen-bond donors (Lipinski definition) is 1. The fourth-order valence-electron chi connectivity index (χ4n) is 3.76. The second-order valence-corrected chi connectivity index (χ2v) is 6.47. The summed E-state index contributed by atoms with van der Waals surface area (Å²) in [7, 11) is 0. The van der Waals surface area contributed by atoms with Crippen molar-refractivity contribution in [2.24, 2.45) is 11.1 Å². The highest BCUT2D eigenvalue weighted by Crippen LogP contribution is 2.42. The molecule has 20 heavy (non-hydrogen) atoms. The van der Waals surface area contributed by atoms with Gasteiger partial charge in [-0.2, -0.15) is 0 Å². The molecule has 0 aromatic rings. The normalized spacial score (nSPS) is 23.2. The number of amides is 1.